The fourth-order valence-corrected chi connectivity index (χ4v) is 6.07. The molecule has 11 heteroatoms. The van der Waals surface area contributed by atoms with Crippen LogP contribution in [-0.4, -0.2) is 32.8 Å². The van der Waals surface area contributed by atoms with Crippen molar-refractivity contribution in [3.05, 3.63) is 56.1 Å². The molecule has 5 rings (SSSR count). The van der Waals surface area contributed by atoms with Crippen molar-refractivity contribution in [2.45, 2.75) is 37.0 Å². The summed E-state index contributed by atoms with van der Waals surface area (Å²) < 4.78 is 44.5. The van der Waals surface area contributed by atoms with E-state index in [9.17, 15) is 18.0 Å². The number of para-hydroxylation sites is 1. The number of nitrogens with one attached hydrogen (secondary N) is 1. The van der Waals surface area contributed by atoms with Gasteiger partial charge in [-0.3, -0.25) is 14.3 Å². The van der Waals surface area contributed by atoms with Crippen LogP contribution in [0.25, 0.3) is 22.3 Å². The summed E-state index contributed by atoms with van der Waals surface area (Å²) in [5.74, 6) is 0.228. The van der Waals surface area contributed by atoms with Crippen LogP contribution >= 0.6 is 27.5 Å². The molecule has 0 spiro atoms. The van der Waals surface area contributed by atoms with Gasteiger partial charge in [-0.1, -0.05) is 17.7 Å². The lowest BCUT2D eigenvalue weighted by Gasteiger charge is -2.34. The van der Waals surface area contributed by atoms with Gasteiger partial charge in [0, 0.05) is 12.0 Å². The van der Waals surface area contributed by atoms with Crippen LogP contribution in [0.2, 0.25) is 5.02 Å². The molecule has 2 fully saturated rings. The van der Waals surface area contributed by atoms with Crippen molar-refractivity contribution < 1.29 is 27.1 Å². The van der Waals surface area contributed by atoms with Crippen molar-refractivity contribution in [3.63, 3.8) is 0 Å². The van der Waals surface area contributed by atoms with Gasteiger partial charge in [-0.25, -0.2) is 8.42 Å². The first kappa shape index (κ1) is 24.1. The minimum absolute atomic E-state index is 0.251. The highest BCUT2D eigenvalue weighted by Crippen LogP contribution is 2.42. The van der Waals surface area contributed by atoms with Gasteiger partial charge in [0.2, 0.25) is 15.9 Å². The molecule has 0 atom stereocenters. The van der Waals surface area contributed by atoms with Crippen LogP contribution in [0.15, 0.2) is 50.1 Å². The van der Waals surface area contributed by atoms with E-state index in [4.69, 9.17) is 25.5 Å². The molecule has 8 nitrogen and oxygen atoms in total. The van der Waals surface area contributed by atoms with Gasteiger partial charge >= 0.3 is 0 Å². The summed E-state index contributed by atoms with van der Waals surface area (Å²) in [5, 5.41) is 0.215. The number of hydrogen-bond acceptors (Lipinski definition) is 7. The maximum absolute atomic E-state index is 12.7. The zero-order chi connectivity index (χ0) is 24.9. The van der Waals surface area contributed by atoms with Crippen molar-refractivity contribution >= 4 is 54.4 Å². The van der Waals surface area contributed by atoms with Crippen LogP contribution in [0.4, 0.5) is 0 Å². The maximum Gasteiger partial charge on any atom is 0.237 e. The summed E-state index contributed by atoms with van der Waals surface area (Å²) in [6, 6.07) is 9.71. The summed E-state index contributed by atoms with van der Waals surface area (Å²) in [6.45, 7) is 0. The van der Waals surface area contributed by atoms with Gasteiger partial charge in [0.1, 0.15) is 23.4 Å². The average Bonchev–Trinajstić information content (AvgIpc) is 3.62. The molecule has 1 heterocycles. The molecule has 1 aromatic heterocycles. The molecule has 0 bridgehead atoms. The van der Waals surface area contributed by atoms with Gasteiger partial charge in [-0.05, 0) is 65.9 Å². The molecule has 0 aliphatic heterocycles. The summed E-state index contributed by atoms with van der Waals surface area (Å²) in [4.78, 5) is 25.1. The number of fused-ring (bicyclic) bond motifs is 1. The topological polar surface area (TPSA) is 112 Å². The standard InChI is InChI=1S/C24H21BrClNO7S/c1-32-22-9-16(21-11-19(28)15-3-2-4-18(26)23(15)34-21)20(10-17(22)25)33-13-7-12(8-13)24(29)27-35(30,31)14-5-6-14/h2-4,9-14H,5-8H2,1H3,(H,27,29). The molecule has 1 amide bonds. The second-order valence-electron chi connectivity index (χ2n) is 8.69. The van der Waals surface area contributed by atoms with E-state index in [-0.39, 0.29) is 22.9 Å². The molecule has 184 valence electrons. The highest BCUT2D eigenvalue weighted by Gasteiger charge is 2.42. The summed E-state index contributed by atoms with van der Waals surface area (Å²) >= 11 is 9.71. The molecule has 0 unspecified atom stereocenters. The lowest BCUT2D eigenvalue weighted by atomic mass is 9.82. The third-order valence-corrected chi connectivity index (χ3v) is 8.94. The van der Waals surface area contributed by atoms with E-state index in [0.717, 1.165) is 0 Å². The number of carbonyl (C=O) groups excluding carboxylic acids is 1. The number of halogens is 2. The first-order chi connectivity index (χ1) is 16.7. The van der Waals surface area contributed by atoms with Gasteiger partial charge in [0.25, 0.3) is 0 Å². The Morgan fingerprint density at radius 3 is 2.60 bits per heavy atom. The molecule has 2 aliphatic rings. The Labute approximate surface area is 214 Å². The Hall–Kier alpha value is -2.56. The third-order valence-electron chi connectivity index (χ3n) is 6.19. The molecule has 2 aliphatic carbocycles. The number of amides is 1. The third kappa shape index (κ3) is 4.79. The zero-order valence-electron chi connectivity index (χ0n) is 18.5. The van der Waals surface area contributed by atoms with E-state index in [1.165, 1.54) is 13.2 Å². The Kier molecular flexibility index (Phi) is 6.31. The molecule has 35 heavy (non-hydrogen) atoms. The quantitative estimate of drug-likeness (QED) is 0.432. The molecule has 2 aromatic carbocycles. The number of methoxy groups -OCH3 is 1. The van der Waals surface area contributed by atoms with Crippen LogP contribution in [0.1, 0.15) is 25.7 Å². The predicted octanol–water partition coefficient (Wildman–Crippen LogP) is 4.65. The molecule has 0 radical (unpaired) electrons. The first-order valence-corrected chi connectivity index (χ1v) is 13.7. The van der Waals surface area contributed by atoms with Gasteiger partial charge in [-0.15, -0.1) is 0 Å². The van der Waals surface area contributed by atoms with E-state index < -0.39 is 27.1 Å². The average molecular weight is 583 g/mol. The van der Waals surface area contributed by atoms with Gasteiger partial charge < -0.3 is 13.9 Å². The van der Waals surface area contributed by atoms with Crippen molar-refractivity contribution in [2.24, 2.45) is 5.92 Å². The van der Waals surface area contributed by atoms with Gasteiger partial charge in [0.15, 0.2) is 11.0 Å². The Morgan fingerprint density at radius 1 is 1.17 bits per heavy atom. The van der Waals surface area contributed by atoms with Crippen LogP contribution in [0.5, 0.6) is 11.5 Å². The fourth-order valence-electron chi connectivity index (χ4n) is 4.00. The Bertz CT molecular complexity index is 1490. The van der Waals surface area contributed by atoms with Crippen LogP contribution in [0.3, 0.4) is 0 Å². The summed E-state index contributed by atoms with van der Waals surface area (Å²) in [7, 11) is -2.06. The van der Waals surface area contributed by atoms with E-state index in [1.807, 2.05) is 0 Å². The molecule has 3 aromatic rings. The van der Waals surface area contributed by atoms with E-state index in [0.29, 0.717) is 57.6 Å². The van der Waals surface area contributed by atoms with Gasteiger partial charge in [0.05, 0.1) is 32.8 Å². The van der Waals surface area contributed by atoms with E-state index in [2.05, 4.69) is 20.7 Å². The maximum atomic E-state index is 12.7. The van der Waals surface area contributed by atoms with Crippen LogP contribution in [0, 0.1) is 5.92 Å². The fraction of sp³-hybridized carbons (Fsp3) is 0.333. The van der Waals surface area contributed by atoms with Crippen molar-refractivity contribution in [2.75, 3.05) is 7.11 Å². The molecule has 0 saturated heterocycles. The predicted molar refractivity (Wildman–Crippen MR) is 134 cm³/mol. The molecule has 1 N–H and O–H groups in total. The highest BCUT2D eigenvalue weighted by atomic mass is 79.9. The van der Waals surface area contributed by atoms with Crippen LogP contribution < -0.4 is 19.6 Å². The number of ether oxygens (including phenoxy) is 2. The zero-order valence-corrected chi connectivity index (χ0v) is 21.7. The number of benzene rings is 2. The normalized spacial score (nSPS) is 19.7. The Morgan fingerprint density at radius 2 is 1.91 bits per heavy atom. The lowest BCUT2D eigenvalue weighted by molar-refractivity contribution is -0.128. The number of hydrogen-bond donors (Lipinski definition) is 1. The highest BCUT2D eigenvalue weighted by molar-refractivity contribution is 9.10. The second kappa shape index (κ2) is 9.15. The Balaban J connectivity index is 1.40. The second-order valence-corrected chi connectivity index (χ2v) is 11.9. The van der Waals surface area contributed by atoms with E-state index in [1.54, 1.807) is 30.3 Å². The minimum atomic E-state index is -3.58. The van der Waals surface area contributed by atoms with Crippen molar-refractivity contribution in [1.82, 2.24) is 4.72 Å². The lowest BCUT2D eigenvalue weighted by Crippen LogP contribution is -2.46. The largest absolute Gasteiger partial charge is 0.496 e. The first-order valence-electron chi connectivity index (χ1n) is 11.0. The van der Waals surface area contributed by atoms with E-state index >= 15 is 0 Å². The SMILES string of the molecule is COc1cc(-c2cc(=O)c3cccc(Cl)c3o2)c(OC2CC(C(=O)NS(=O)(=O)C3CC3)C2)cc1Br. The number of sulfonamides is 1. The van der Waals surface area contributed by atoms with Crippen molar-refractivity contribution in [3.8, 4) is 22.8 Å². The summed E-state index contributed by atoms with van der Waals surface area (Å²) in [6.07, 6.45) is 1.59. The molecular weight excluding hydrogens is 562 g/mol. The van der Waals surface area contributed by atoms with Crippen LogP contribution in [-0.2, 0) is 14.8 Å². The van der Waals surface area contributed by atoms with Crippen molar-refractivity contribution in [1.29, 1.82) is 0 Å². The number of rotatable bonds is 7. The smallest absolute Gasteiger partial charge is 0.237 e. The van der Waals surface area contributed by atoms with Gasteiger partial charge in [-0.2, -0.15) is 0 Å². The minimum Gasteiger partial charge on any atom is -0.496 e. The summed E-state index contributed by atoms with van der Waals surface area (Å²) in [5.41, 5.74) is 0.490. The molecular formula is C24H21BrClNO7S. The molecule has 2 saturated carbocycles. The number of carbonyl (C=O) groups is 1. The monoisotopic (exact) mass is 581 g/mol.